The summed E-state index contributed by atoms with van der Waals surface area (Å²) in [4.78, 5) is 64.4. The number of ether oxygens (including phenoxy) is 4. The molecule has 2 aromatic rings. The third-order valence-corrected chi connectivity index (χ3v) is 12.4. The van der Waals surface area contributed by atoms with Crippen LogP contribution in [0.1, 0.15) is 80.6 Å². The van der Waals surface area contributed by atoms with Crippen molar-refractivity contribution in [3.05, 3.63) is 30.5 Å². The highest BCUT2D eigenvalue weighted by molar-refractivity contribution is 7.85. The zero-order chi connectivity index (χ0) is 42.3. The molecule has 4 amide bonds. The molecule has 1 aromatic heterocycles. The van der Waals surface area contributed by atoms with Crippen molar-refractivity contribution in [2.45, 2.75) is 115 Å². The lowest BCUT2D eigenvalue weighted by molar-refractivity contribution is -0.143. The van der Waals surface area contributed by atoms with Crippen LogP contribution in [-0.2, 0) is 38.3 Å². The molecular weight excluding hydrogens is 773 g/mol. The summed E-state index contributed by atoms with van der Waals surface area (Å²) in [5.74, 6) is -1.58. The van der Waals surface area contributed by atoms with Gasteiger partial charge in [0.25, 0.3) is 5.91 Å². The van der Waals surface area contributed by atoms with E-state index in [4.69, 9.17) is 23.1 Å². The van der Waals surface area contributed by atoms with E-state index in [0.717, 1.165) is 5.39 Å². The van der Waals surface area contributed by atoms with Crippen molar-refractivity contribution in [2.24, 2.45) is 11.3 Å². The van der Waals surface area contributed by atoms with E-state index >= 15 is 0 Å². The number of hydrogen-bond donors (Lipinski definition) is 3. The first-order valence-corrected chi connectivity index (χ1v) is 21.4. The Morgan fingerprint density at radius 1 is 1.07 bits per heavy atom. The van der Waals surface area contributed by atoms with Crippen LogP contribution >= 0.6 is 0 Å². The largest absolute Gasteiger partial charge is 0.497 e. The minimum absolute atomic E-state index is 0.00788. The van der Waals surface area contributed by atoms with E-state index in [1.165, 1.54) is 4.90 Å². The summed E-state index contributed by atoms with van der Waals surface area (Å²) < 4.78 is 56.1. The number of nitrogens with one attached hydrogen (secondary N) is 3. The number of pyridine rings is 1. The van der Waals surface area contributed by atoms with Crippen LogP contribution in [0, 0.1) is 11.3 Å². The van der Waals surface area contributed by atoms with Gasteiger partial charge in [-0.15, -0.1) is 0 Å². The Kier molecular flexibility index (Phi) is 12.3. The molecule has 18 heteroatoms. The van der Waals surface area contributed by atoms with Crippen molar-refractivity contribution < 1.29 is 50.7 Å². The number of carbonyl (C=O) groups is 4. The summed E-state index contributed by atoms with van der Waals surface area (Å²) in [6, 6.07) is 4.92. The van der Waals surface area contributed by atoms with E-state index in [-0.39, 0.29) is 31.2 Å². The smallest absolute Gasteiger partial charge is 0.408 e. The van der Waals surface area contributed by atoms with Gasteiger partial charge < -0.3 is 34.5 Å². The van der Waals surface area contributed by atoms with Crippen molar-refractivity contribution in [2.75, 3.05) is 46.5 Å². The Balaban J connectivity index is 1.25. The summed E-state index contributed by atoms with van der Waals surface area (Å²) in [5, 5.41) is 7.12. The first-order chi connectivity index (χ1) is 27.2. The molecule has 320 valence electrons. The summed E-state index contributed by atoms with van der Waals surface area (Å²) in [7, 11) is -2.90. The van der Waals surface area contributed by atoms with Gasteiger partial charge in [-0.3, -0.25) is 19.3 Å². The number of hydrogen-bond acceptors (Lipinski definition) is 13. The number of methoxy groups -OCH3 is 1. The van der Waals surface area contributed by atoms with E-state index < -0.39 is 74.5 Å². The highest BCUT2D eigenvalue weighted by atomic mass is 32.2. The van der Waals surface area contributed by atoms with Gasteiger partial charge in [-0.1, -0.05) is 34.1 Å². The van der Waals surface area contributed by atoms with Crippen LogP contribution in [0.3, 0.4) is 0 Å². The number of likely N-dealkylation sites (tertiary alicyclic amines) is 1. The lowest BCUT2D eigenvalue weighted by Gasteiger charge is -2.37. The summed E-state index contributed by atoms with van der Waals surface area (Å²) in [6.07, 6.45) is 1.80. The molecule has 1 aromatic carbocycles. The zero-order valence-electron chi connectivity index (χ0n) is 34.7. The molecule has 2 aliphatic heterocycles. The van der Waals surface area contributed by atoms with E-state index in [2.05, 4.69) is 20.5 Å². The van der Waals surface area contributed by atoms with Crippen molar-refractivity contribution in [3.63, 3.8) is 0 Å². The third-order valence-electron chi connectivity index (χ3n) is 11.3. The van der Waals surface area contributed by atoms with E-state index in [9.17, 15) is 27.6 Å². The van der Waals surface area contributed by atoms with Gasteiger partial charge >= 0.3 is 16.4 Å². The normalized spacial score (nSPS) is 25.0. The van der Waals surface area contributed by atoms with Crippen molar-refractivity contribution in [3.8, 4) is 11.6 Å². The maximum absolute atomic E-state index is 14.8. The predicted octanol–water partition coefficient (Wildman–Crippen LogP) is 3.06. The number of morpholine rings is 1. The van der Waals surface area contributed by atoms with E-state index in [0.29, 0.717) is 63.2 Å². The Morgan fingerprint density at radius 2 is 1.78 bits per heavy atom. The highest BCUT2D eigenvalue weighted by Crippen LogP contribution is 2.47. The minimum Gasteiger partial charge on any atom is -0.497 e. The number of fused-ring (bicyclic) bond motifs is 1. The van der Waals surface area contributed by atoms with Crippen LogP contribution in [-0.4, -0.2) is 128 Å². The van der Waals surface area contributed by atoms with Crippen LogP contribution in [0.4, 0.5) is 4.79 Å². The first-order valence-electron chi connectivity index (χ1n) is 20.0. The summed E-state index contributed by atoms with van der Waals surface area (Å²) >= 11 is 0. The number of amides is 4. The number of benzene rings is 1. The predicted molar refractivity (Wildman–Crippen MR) is 212 cm³/mol. The monoisotopic (exact) mass is 830 g/mol. The fourth-order valence-electron chi connectivity index (χ4n) is 7.79. The van der Waals surface area contributed by atoms with Gasteiger partial charge in [0, 0.05) is 37.6 Å². The molecule has 58 heavy (non-hydrogen) atoms. The maximum atomic E-state index is 14.8. The number of carbonyl (C=O) groups excluding carboxylic acids is 4. The molecule has 0 radical (unpaired) electrons. The van der Waals surface area contributed by atoms with Crippen molar-refractivity contribution in [1.29, 1.82) is 0 Å². The molecule has 0 spiro atoms. The molecule has 4 aliphatic rings. The molecule has 2 aliphatic carbocycles. The lowest BCUT2D eigenvalue weighted by atomic mass is 9.85. The van der Waals surface area contributed by atoms with Gasteiger partial charge in [-0.2, -0.15) is 8.42 Å². The zero-order valence-corrected chi connectivity index (χ0v) is 35.5. The molecule has 3 heterocycles. The molecule has 0 bridgehead atoms. The van der Waals surface area contributed by atoms with Gasteiger partial charge in [0.05, 0.1) is 32.5 Å². The average molecular weight is 831 g/mol. The molecule has 4 fully saturated rings. The Bertz CT molecular complexity index is 2000. The second-order valence-electron chi connectivity index (χ2n) is 17.9. The number of aromatic nitrogens is 1. The Morgan fingerprint density at radius 3 is 2.40 bits per heavy atom. The second-order valence-corrected chi connectivity index (χ2v) is 19.1. The maximum Gasteiger partial charge on any atom is 0.408 e. The molecule has 3 N–H and O–H groups in total. The van der Waals surface area contributed by atoms with E-state index in [1.807, 2.05) is 29.8 Å². The summed E-state index contributed by atoms with van der Waals surface area (Å²) in [6.45, 7) is 15.4. The van der Waals surface area contributed by atoms with Crippen LogP contribution in [0.5, 0.6) is 11.6 Å². The van der Waals surface area contributed by atoms with Crippen LogP contribution in [0.15, 0.2) is 30.5 Å². The topological polar surface area (TPSA) is 204 Å². The standard InChI is InChI=1S/C40H58N6O11S/c1-9-26-22-40(26,35(49)44-58(51,52)57-39(7)13-14-39)43-32(47)30-21-28(55-33-29-11-10-27(53-8)20-25(29)12-15-41-33)23-46(30)34(48)31(37(2,3)4)42-36(50)56-38(5,6)24-45-16-18-54-19-17-45/h10-12,15,20,26,28,30-31H,9,13-14,16-19,21-24H2,1-8H3,(H,42,50)(H,43,47)(H,44,49)/t26?,28-,30?,31?,40?/m1/s1. The third kappa shape index (κ3) is 10.1. The van der Waals surface area contributed by atoms with Gasteiger partial charge in [0.2, 0.25) is 17.7 Å². The fraction of sp³-hybridized carbons (Fsp3) is 0.675. The molecule has 2 saturated carbocycles. The number of rotatable bonds is 15. The van der Waals surface area contributed by atoms with E-state index in [1.54, 1.807) is 60.9 Å². The van der Waals surface area contributed by atoms with Gasteiger partial charge in [0.1, 0.15) is 35.1 Å². The molecule has 2 saturated heterocycles. The Labute approximate surface area is 340 Å². The SMILES string of the molecule is CCC1CC1(NC(=O)C1C[C@@H](Oc2nccc3cc(OC)ccc23)CN1C(=O)C(NC(=O)OC(C)(C)CN1CCOCC1)C(C)(C)C)C(=O)NS(=O)(=O)OC1(C)CC1. The quantitative estimate of drug-likeness (QED) is 0.237. The first kappa shape index (κ1) is 43.3. The summed E-state index contributed by atoms with van der Waals surface area (Å²) in [5.41, 5.74) is -4.17. The van der Waals surface area contributed by atoms with Gasteiger partial charge in [0.15, 0.2) is 0 Å². The Hall–Kier alpha value is -4.26. The van der Waals surface area contributed by atoms with Crippen LogP contribution in [0.25, 0.3) is 10.8 Å². The molecular formula is C40H58N6O11S. The highest BCUT2D eigenvalue weighted by Gasteiger charge is 2.62. The van der Waals surface area contributed by atoms with Gasteiger partial charge in [-0.05, 0) is 81.0 Å². The number of alkyl carbamates (subject to hydrolysis) is 1. The molecule has 6 rings (SSSR count). The fourth-order valence-corrected chi connectivity index (χ4v) is 8.94. The molecule has 17 nitrogen and oxygen atoms in total. The molecule has 5 atom stereocenters. The molecule has 4 unspecified atom stereocenters. The minimum atomic E-state index is -4.47. The van der Waals surface area contributed by atoms with Crippen molar-refractivity contribution >= 4 is 44.9 Å². The van der Waals surface area contributed by atoms with Crippen LogP contribution in [0.2, 0.25) is 0 Å². The average Bonchev–Trinajstić information content (AvgIpc) is 4.01. The van der Waals surface area contributed by atoms with Gasteiger partial charge in [-0.25, -0.2) is 18.7 Å². The van der Waals surface area contributed by atoms with Crippen molar-refractivity contribution in [1.82, 2.24) is 30.1 Å². The lowest BCUT2D eigenvalue weighted by Crippen LogP contribution is -2.60. The second kappa shape index (κ2) is 16.4. The number of nitrogens with zero attached hydrogens (tertiary/aromatic N) is 3. The van der Waals surface area contributed by atoms with Crippen LogP contribution < -0.4 is 24.8 Å².